The molecular formula is C19H21NO3. The smallest absolute Gasteiger partial charge is 0.338 e. The molecular weight excluding hydrogens is 290 g/mol. The van der Waals surface area contributed by atoms with E-state index in [4.69, 9.17) is 4.74 Å². The van der Waals surface area contributed by atoms with E-state index in [1.807, 2.05) is 44.2 Å². The molecule has 0 saturated heterocycles. The molecule has 1 amide bonds. The van der Waals surface area contributed by atoms with Gasteiger partial charge in [0.15, 0.2) is 6.61 Å². The third-order valence-corrected chi connectivity index (χ3v) is 3.57. The van der Waals surface area contributed by atoms with Crippen molar-refractivity contribution in [1.29, 1.82) is 0 Å². The zero-order chi connectivity index (χ0) is 16.7. The summed E-state index contributed by atoms with van der Waals surface area (Å²) < 4.78 is 5.04. The lowest BCUT2D eigenvalue weighted by Crippen LogP contribution is -2.32. The molecule has 2 aromatic rings. The van der Waals surface area contributed by atoms with Crippen molar-refractivity contribution < 1.29 is 14.3 Å². The number of ether oxygens (including phenoxy) is 1. The van der Waals surface area contributed by atoms with E-state index < -0.39 is 5.97 Å². The summed E-state index contributed by atoms with van der Waals surface area (Å²) in [4.78, 5) is 23.8. The average Bonchev–Trinajstić information content (AvgIpc) is 2.59. The molecule has 0 aliphatic heterocycles. The second kappa shape index (κ2) is 8.13. The fourth-order valence-electron chi connectivity index (χ4n) is 2.24. The molecule has 0 aliphatic rings. The van der Waals surface area contributed by atoms with E-state index >= 15 is 0 Å². The summed E-state index contributed by atoms with van der Waals surface area (Å²) in [6, 6.07) is 16.6. The summed E-state index contributed by atoms with van der Waals surface area (Å²) in [5, 5.41) is 2.89. The number of aryl methyl sites for hydroxylation is 1. The standard InChI is InChI=1S/C19H21NO3/c1-3-17(15-11-9-14(2)10-12-15)20-18(21)13-23-19(22)16-7-5-4-6-8-16/h4-12,17H,3,13H2,1-2H3,(H,20,21)/t17-/m0/s1. The van der Waals surface area contributed by atoms with Crippen molar-refractivity contribution in [3.05, 3.63) is 71.3 Å². The number of benzene rings is 2. The number of carbonyl (C=O) groups is 2. The van der Waals surface area contributed by atoms with Crippen LogP contribution in [0, 0.1) is 6.92 Å². The highest BCUT2D eigenvalue weighted by Gasteiger charge is 2.14. The van der Waals surface area contributed by atoms with Crippen molar-refractivity contribution in [1.82, 2.24) is 5.32 Å². The summed E-state index contributed by atoms with van der Waals surface area (Å²) in [5.74, 6) is -0.800. The van der Waals surface area contributed by atoms with Crippen molar-refractivity contribution >= 4 is 11.9 Å². The van der Waals surface area contributed by atoms with Crippen LogP contribution >= 0.6 is 0 Å². The summed E-state index contributed by atoms with van der Waals surface area (Å²) in [7, 11) is 0. The lowest BCUT2D eigenvalue weighted by atomic mass is 10.0. The first-order valence-electron chi connectivity index (χ1n) is 7.68. The van der Waals surface area contributed by atoms with Gasteiger partial charge in [0.25, 0.3) is 5.91 Å². The van der Waals surface area contributed by atoms with Crippen LogP contribution in [0.15, 0.2) is 54.6 Å². The fraction of sp³-hybridized carbons (Fsp3) is 0.263. The first-order valence-corrected chi connectivity index (χ1v) is 7.68. The molecule has 0 radical (unpaired) electrons. The van der Waals surface area contributed by atoms with Gasteiger partial charge in [0.1, 0.15) is 0 Å². The van der Waals surface area contributed by atoms with Crippen LogP contribution in [0.1, 0.15) is 40.9 Å². The normalized spacial score (nSPS) is 11.6. The number of hydrogen-bond acceptors (Lipinski definition) is 3. The van der Waals surface area contributed by atoms with Gasteiger partial charge in [-0.3, -0.25) is 4.79 Å². The van der Waals surface area contributed by atoms with Crippen LogP contribution in [0.5, 0.6) is 0 Å². The molecule has 0 heterocycles. The van der Waals surface area contributed by atoms with E-state index in [-0.39, 0.29) is 18.6 Å². The van der Waals surface area contributed by atoms with E-state index in [2.05, 4.69) is 5.32 Å². The number of esters is 1. The molecule has 23 heavy (non-hydrogen) atoms. The van der Waals surface area contributed by atoms with Crippen LogP contribution < -0.4 is 5.32 Å². The number of carbonyl (C=O) groups excluding carboxylic acids is 2. The van der Waals surface area contributed by atoms with E-state index in [1.54, 1.807) is 24.3 Å². The fourth-order valence-corrected chi connectivity index (χ4v) is 2.24. The summed E-state index contributed by atoms with van der Waals surface area (Å²) >= 11 is 0. The lowest BCUT2D eigenvalue weighted by molar-refractivity contribution is -0.125. The largest absolute Gasteiger partial charge is 0.452 e. The van der Waals surface area contributed by atoms with Crippen LogP contribution in [0.25, 0.3) is 0 Å². The molecule has 0 unspecified atom stereocenters. The molecule has 4 heteroatoms. The first kappa shape index (κ1) is 16.7. The van der Waals surface area contributed by atoms with Gasteiger partial charge in [0.2, 0.25) is 0 Å². The minimum absolute atomic E-state index is 0.0847. The SMILES string of the molecule is CC[C@H](NC(=O)COC(=O)c1ccccc1)c1ccc(C)cc1. The minimum Gasteiger partial charge on any atom is -0.452 e. The third kappa shape index (κ3) is 4.95. The number of amides is 1. The Morgan fingerprint density at radius 1 is 1.04 bits per heavy atom. The van der Waals surface area contributed by atoms with Crippen LogP contribution in [-0.4, -0.2) is 18.5 Å². The molecule has 0 spiro atoms. The Kier molecular flexibility index (Phi) is 5.92. The zero-order valence-corrected chi connectivity index (χ0v) is 13.4. The Morgan fingerprint density at radius 2 is 1.70 bits per heavy atom. The number of hydrogen-bond donors (Lipinski definition) is 1. The molecule has 0 aliphatic carbocycles. The van der Waals surface area contributed by atoms with E-state index in [1.165, 1.54) is 5.56 Å². The highest BCUT2D eigenvalue weighted by Crippen LogP contribution is 2.17. The zero-order valence-electron chi connectivity index (χ0n) is 13.4. The molecule has 2 rings (SSSR count). The van der Waals surface area contributed by atoms with E-state index in [9.17, 15) is 9.59 Å². The van der Waals surface area contributed by atoms with Crippen molar-refractivity contribution in [2.45, 2.75) is 26.3 Å². The van der Waals surface area contributed by atoms with Crippen molar-refractivity contribution in [3.8, 4) is 0 Å². The van der Waals surface area contributed by atoms with Crippen molar-refractivity contribution in [3.63, 3.8) is 0 Å². The highest BCUT2D eigenvalue weighted by atomic mass is 16.5. The maximum absolute atomic E-state index is 12.0. The summed E-state index contributed by atoms with van der Waals surface area (Å²) in [6.07, 6.45) is 0.765. The van der Waals surface area contributed by atoms with E-state index in [0.29, 0.717) is 5.56 Å². The van der Waals surface area contributed by atoms with Crippen molar-refractivity contribution in [2.75, 3.05) is 6.61 Å². The average molecular weight is 311 g/mol. The summed E-state index contributed by atoms with van der Waals surface area (Å²) in [5.41, 5.74) is 2.65. The van der Waals surface area contributed by atoms with Crippen molar-refractivity contribution in [2.24, 2.45) is 0 Å². The van der Waals surface area contributed by atoms with E-state index in [0.717, 1.165) is 12.0 Å². The van der Waals surface area contributed by atoms with Gasteiger partial charge in [-0.15, -0.1) is 0 Å². The second-order valence-electron chi connectivity index (χ2n) is 5.38. The van der Waals surface area contributed by atoms with Gasteiger partial charge < -0.3 is 10.1 Å². The van der Waals surface area contributed by atoms with Gasteiger partial charge in [-0.25, -0.2) is 4.79 Å². The summed E-state index contributed by atoms with van der Waals surface area (Å²) in [6.45, 7) is 3.74. The van der Waals surface area contributed by atoms with Crippen LogP contribution in [0.4, 0.5) is 0 Å². The van der Waals surface area contributed by atoms with Gasteiger partial charge >= 0.3 is 5.97 Å². The van der Waals surface area contributed by atoms with Crippen LogP contribution in [-0.2, 0) is 9.53 Å². The number of rotatable bonds is 6. The molecule has 1 atom stereocenters. The molecule has 4 nitrogen and oxygen atoms in total. The molecule has 0 bridgehead atoms. The Morgan fingerprint density at radius 3 is 2.30 bits per heavy atom. The molecule has 0 aromatic heterocycles. The Balaban J connectivity index is 1.88. The first-order chi connectivity index (χ1) is 11.1. The van der Waals surface area contributed by atoms with Crippen LogP contribution in [0.2, 0.25) is 0 Å². The Labute approximate surface area is 136 Å². The Bertz CT molecular complexity index is 650. The molecule has 1 N–H and O–H groups in total. The molecule has 0 saturated carbocycles. The van der Waals surface area contributed by atoms with Crippen LogP contribution in [0.3, 0.4) is 0 Å². The van der Waals surface area contributed by atoms with Gasteiger partial charge in [0.05, 0.1) is 11.6 Å². The lowest BCUT2D eigenvalue weighted by Gasteiger charge is -2.17. The monoisotopic (exact) mass is 311 g/mol. The highest BCUT2D eigenvalue weighted by molar-refractivity contribution is 5.91. The van der Waals surface area contributed by atoms with Gasteiger partial charge in [-0.05, 0) is 31.0 Å². The predicted molar refractivity (Wildman–Crippen MR) is 89.1 cm³/mol. The Hall–Kier alpha value is -2.62. The quantitative estimate of drug-likeness (QED) is 0.832. The molecule has 120 valence electrons. The topological polar surface area (TPSA) is 55.4 Å². The predicted octanol–water partition coefficient (Wildman–Crippen LogP) is 3.42. The maximum atomic E-state index is 12.0. The maximum Gasteiger partial charge on any atom is 0.338 e. The third-order valence-electron chi connectivity index (χ3n) is 3.57. The van der Waals surface area contributed by atoms with Gasteiger partial charge in [-0.1, -0.05) is 55.0 Å². The second-order valence-corrected chi connectivity index (χ2v) is 5.38. The van der Waals surface area contributed by atoms with Gasteiger partial charge in [0, 0.05) is 0 Å². The number of nitrogens with one attached hydrogen (secondary N) is 1. The molecule has 0 fully saturated rings. The van der Waals surface area contributed by atoms with Gasteiger partial charge in [-0.2, -0.15) is 0 Å². The minimum atomic E-state index is -0.496. The molecule has 2 aromatic carbocycles.